The number of sulfonamides is 1. The molecule has 0 amide bonds. The van der Waals surface area contributed by atoms with Crippen molar-refractivity contribution >= 4 is 37.5 Å². The van der Waals surface area contributed by atoms with E-state index in [1.165, 1.54) is 12.1 Å². The third-order valence-corrected chi connectivity index (χ3v) is 5.75. The Morgan fingerprint density at radius 3 is 2.35 bits per heavy atom. The van der Waals surface area contributed by atoms with Crippen molar-refractivity contribution in [3.05, 3.63) is 23.8 Å². The van der Waals surface area contributed by atoms with E-state index in [0.29, 0.717) is 12.2 Å². The highest BCUT2D eigenvalue weighted by atomic mass is 32.2. The molecule has 11 heteroatoms. The molecule has 0 saturated carbocycles. The van der Waals surface area contributed by atoms with Gasteiger partial charge in [0.1, 0.15) is 0 Å². The van der Waals surface area contributed by atoms with Crippen molar-refractivity contribution in [1.29, 1.82) is 0 Å². The van der Waals surface area contributed by atoms with Crippen LogP contribution in [-0.4, -0.2) is 50.5 Å². The van der Waals surface area contributed by atoms with Gasteiger partial charge in [-0.25, -0.2) is 13.2 Å². The summed E-state index contributed by atoms with van der Waals surface area (Å²) in [7, 11) is -8.47. The Morgan fingerprint density at radius 1 is 1.08 bits per heavy atom. The predicted octanol–water partition coefficient (Wildman–Crippen LogP) is 2.01. The van der Waals surface area contributed by atoms with Crippen LogP contribution in [0.1, 0.15) is 43.0 Å². The second-order valence-electron chi connectivity index (χ2n) is 5.76. The lowest BCUT2D eigenvalue weighted by molar-refractivity contribution is 0.0698. The number of carboxylic acids is 1. The summed E-state index contributed by atoms with van der Waals surface area (Å²) in [4.78, 5) is 11.4. The average molecular weight is 408 g/mol. The summed E-state index contributed by atoms with van der Waals surface area (Å²) in [6.07, 6.45) is 4.10. The Labute approximate surface area is 153 Å². The van der Waals surface area contributed by atoms with Gasteiger partial charge in [0.05, 0.1) is 17.1 Å². The van der Waals surface area contributed by atoms with E-state index in [0.717, 1.165) is 31.7 Å². The van der Waals surface area contributed by atoms with E-state index in [1.807, 2.05) is 0 Å². The first-order valence-electron chi connectivity index (χ1n) is 8.11. The summed E-state index contributed by atoms with van der Waals surface area (Å²) in [6.45, 7) is 2.69. The highest BCUT2D eigenvalue weighted by molar-refractivity contribution is 7.94. The maximum Gasteiger partial charge on any atom is 0.337 e. The Hall–Kier alpha value is -1.85. The molecule has 0 spiro atoms. The van der Waals surface area contributed by atoms with Crippen molar-refractivity contribution in [1.82, 2.24) is 0 Å². The number of rotatable bonds is 12. The van der Waals surface area contributed by atoms with Crippen molar-refractivity contribution < 1.29 is 31.3 Å². The van der Waals surface area contributed by atoms with Gasteiger partial charge >= 0.3 is 5.97 Å². The fourth-order valence-electron chi connectivity index (χ4n) is 2.16. The van der Waals surface area contributed by atoms with Crippen LogP contribution in [0.4, 0.5) is 11.4 Å². The van der Waals surface area contributed by atoms with Crippen LogP contribution in [0.2, 0.25) is 0 Å². The second kappa shape index (κ2) is 9.74. The van der Waals surface area contributed by atoms with Gasteiger partial charge in [-0.05, 0) is 24.6 Å². The number of nitrogens with one attached hydrogen (secondary N) is 2. The lowest BCUT2D eigenvalue weighted by Gasteiger charge is -2.13. The van der Waals surface area contributed by atoms with E-state index in [9.17, 15) is 26.7 Å². The molecule has 1 aromatic rings. The van der Waals surface area contributed by atoms with E-state index < -0.39 is 37.6 Å². The molecule has 26 heavy (non-hydrogen) atoms. The van der Waals surface area contributed by atoms with Crippen molar-refractivity contribution in [2.24, 2.45) is 0 Å². The predicted molar refractivity (Wildman–Crippen MR) is 99.9 cm³/mol. The molecule has 1 rings (SSSR count). The first-order valence-corrected chi connectivity index (χ1v) is 11.4. The minimum atomic E-state index is -4.42. The highest BCUT2D eigenvalue weighted by Crippen LogP contribution is 2.22. The van der Waals surface area contributed by atoms with E-state index in [4.69, 9.17) is 4.55 Å². The summed E-state index contributed by atoms with van der Waals surface area (Å²) < 4.78 is 55.7. The molecule has 0 aliphatic rings. The van der Waals surface area contributed by atoms with Crippen molar-refractivity contribution in [2.75, 3.05) is 28.1 Å². The molecule has 0 aromatic heterocycles. The van der Waals surface area contributed by atoms with Gasteiger partial charge in [-0.2, -0.15) is 8.42 Å². The number of carbonyl (C=O) groups is 1. The molecular weight excluding hydrogens is 384 g/mol. The quantitative estimate of drug-likeness (QED) is 0.303. The highest BCUT2D eigenvalue weighted by Gasteiger charge is 2.17. The lowest BCUT2D eigenvalue weighted by atomic mass is 10.1. The van der Waals surface area contributed by atoms with Crippen LogP contribution in [-0.2, 0) is 20.1 Å². The van der Waals surface area contributed by atoms with Crippen LogP contribution >= 0.6 is 0 Å². The van der Waals surface area contributed by atoms with Gasteiger partial charge in [-0.15, -0.1) is 0 Å². The van der Waals surface area contributed by atoms with Crippen LogP contribution in [0, 0.1) is 0 Å². The van der Waals surface area contributed by atoms with Gasteiger partial charge < -0.3 is 10.4 Å². The Morgan fingerprint density at radius 2 is 1.77 bits per heavy atom. The first-order chi connectivity index (χ1) is 12.0. The van der Waals surface area contributed by atoms with Gasteiger partial charge in [0.25, 0.3) is 10.1 Å². The van der Waals surface area contributed by atoms with Crippen molar-refractivity contribution in [2.45, 2.75) is 32.6 Å². The summed E-state index contributed by atoms with van der Waals surface area (Å²) >= 11 is 0. The Balaban J connectivity index is 2.82. The summed E-state index contributed by atoms with van der Waals surface area (Å²) in [5.41, 5.74) is 0.264. The molecule has 0 aliphatic carbocycles. The van der Waals surface area contributed by atoms with Gasteiger partial charge in [0.15, 0.2) is 0 Å². The third-order valence-electron chi connectivity index (χ3n) is 3.48. The van der Waals surface area contributed by atoms with E-state index >= 15 is 0 Å². The van der Waals surface area contributed by atoms with E-state index in [1.54, 1.807) is 0 Å². The van der Waals surface area contributed by atoms with Crippen molar-refractivity contribution in [3.8, 4) is 0 Å². The van der Waals surface area contributed by atoms with Gasteiger partial charge in [-0.1, -0.05) is 26.2 Å². The molecule has 0 aliphatic heterocycles. The first kappa shape index (κ1) is 22.2. The molecule has 0 radical (unpaired) electrons. The smallest absolute Gasteiger partial charge is 0.337 e. The molecule has 9 nitrogen and oxygen atoms in total. The van der Waals surface area contributed by atoms with Gasteiger partial charge in [0, 0.05) is 17.9 Å². The Kier molecular flexibility index (Phi) is 8.31. The maximum atomic E-state index is 11.8. The van der Waals surface area contributed by atoms with Crippen LogP contribution in [0.15, 0.2) is 18.2 Å². The minimum Gasteiger partial charge on any atom is -0.478 e. The van der Waals surface area contributed by atoms with Gasteiger partial charge in [-0.3, -0.25) is 9.27 Å². The van der Waals surface area contributed by atoms with E-state index in [2.05, 4.69) is 17.0 Å². The topological polar surface area (TPSA) is 150 Å². The summed E-state index contributed by atoms with van der Waals surface area (Å²) in [5.74, 6) is -3.02. The molecule has 148 valence electrons. The van der Waals surface area contributed by atoms with Gasteiger partial charge in [0.2, 0.25) is 10.0 Å². The summed E-state index contributed by atoms with van der Waals surface area (Å²) in [5, 5.41) is 12.3. The van der Waals surface area contributed by atoms with Crippen molar-refractivity contribution in [3.63, 3.8) is 0 Å². The fraction of sp³-hybridized carbons (Fsp3) is 0.533. The summed E-state index contributed by atoms with van der Waals surface area (Å²) in [6, 6.07) is 3.98. The van der Waals surface area contributed by atoms with Crippen LogP contribution in [0.25, 0.3) is 0 Å². The number of aromatic carboxylic acids is 1. The molecule has 0 unspecified atom stereocenters. The number of anilines is 2. The number of carboxylic acid groups (broad SMARTS) is 1. The van der Waals surface area contributed by atoms with Crippen LogP contribution in [0.5, 0.6) is 0 Å². The Bertz CT molecular complexity index is 820. The molecule has 0 atom stereocenters. The maximum absolute atomic E-state index is 11.8. The number of unbranched alkanes of at least 4 members (excludes halogenated alkanes) is 3. The zero-order valence-electron chi connectivity index (χ0n) is 14.4. The molecule has 4 N–H and O–H groups in total. The molecule has 0 bridgehead atoms. The largest absolute Gasteiger partial charge is 0.478 e. The third kappa shape index (κ3) is 8.50. The standard InChI is InChI=1S/C15H24N2O7S2/c1-2-3-4-5-8-16-14-7-6-12(11-13(14)15(18)19)17-25(20,21)9-10-26(22,23)24/h6-7,11,16-17H,2-5,8-10H2,1H3,(H,18,19)(H,22,23,24). The molecular formula is C15H24N2O7S2. The SMILES string of the molecule is CCCCCCNc1ccc(NS(=O)(=O)CCS(=O)(=O)O)cc1C(=O)O. The van der Waals surface area contributed by atoms with Crippen LogP contribution < -0.4 is 10.0 Å². The number of benzene rings is 1. The molecule has 0 fully saturated rings. The molecule has 1 aromatic carbocycles. The minimum absolute atomic E-state index is 0.00530. The van der Waals surface area contributed by atoms with E-state index in [-0.39, 0.29) is 11.3 Å². The number of hydrogen-bond acceptors (Lipinski definition) is 6. The van der Waals surface area contributed by atoms with Crippen LogP contribution in [0.3, 0.4) is 0 Å². The average Bonchev–Trinajstić information content (AvgIpc) is 2.53. The molecule has 0 heterocycles. The number of hydrogen-bond donors (Lipinski definition) is 4. The monoisotopic (exact) mass is 408 g/mol. The fourth-order valence-corrected chi connectivity index (χ4v) is 4.47. The lowest BCUT2D eigenvalue weighted by Crippen LogP contribution is -2.22. The zero-order valence-corrected chi connectivity index (χ0v) is 16.1. The zero-order chi connectivity index (χ0) is 19.8. The normalized spacial score (nSPS) is 11.9. The second-order valence-corrected chi connectivity index (χ2v) is 9.17. The molecule has 0 saturated heterocycles.